The monoisotopic (exact) mass is 652 g/mol. The van der Waals surface area contributed by atoms with Crippen molar-refractivity contribution >= 4 is 52.0 Å². The molecule has 0 saturated heterocycles. The van der Waals surface area contributed by atoms with E-state index in [1.807, 2.05) is 0 Å². The summed E-state index contributed by atoms with van der Waals surface area (Å²) < 4.78 is 0. The van der Waals surface area contributed by atoms with Crippen molar-refractivity contribution in [1.82, 2.24) is 4.90 Å². The zero-order valence-corrected chi connectivity index (χ0v) is 26.3. The SMILES string of the molecule is Cc1ccc(NC(=O)Nc2cc(N(C)C)c3c(c2O)C(=O)C2C(=O)[C@@]4(O)C(=O)C(C(N)=O)C(O)[C@H](N(C)C)[C@H]4C[C@H]2C3)cc1[N+](=O)[O-]. The lowest BCUT2D eigenvalue weighted by molar-refractivity contribution is -0.385. The Balaban J connectivity index is 1.54. The number of Topliss-reactive ketones (excluding diaryl/α,β-unsaturated/α-hetero) is 3. The first-order valence-corrected chi connectivity index (χ1v) is 14.8. The molecular formula is C31H36N6O10. The second kappa shape index (κ2) is 11.7. The summed E-state index contributed by atoms with van der Waals surface area (Å²) in [6.45, 7) is 1.54. The van der Waals surface area contributed by atoms with Crippen molar-refractivity contribution in [1.29, 1.82) is 0 Å². The number of carbonyl (C=O) groups is 5. The first-order chi connectivity index (χ1) is 21.9. The van der Waals surface area contributed by atoms with Crippen molar-refractivity contribution in [3.8, 4) is 5.75 Å². The number of nitrogens with two attached hydrogens (primary N) is 1. The summed E-state index contributed by atoms with van der Waals surface area (Å²) in [6.07, 6.45) is -1.59. The lowest BCUT2D eigenvalue weighted by Crippen LogP contribution is -2.75. The quantitative estimate of drug-likeness (QED) is 0.109. The number of aryl methyl sites for hydroxylation is 1. The van der Waals surface area contributed by atoms with Crippen molar-refractivity contribution in [3.05, 3.63) is 51.1 Å². The van der Waals surface area contributed by atoms with Crippen LogP contribution in [-0.4, -0.2) is 100 Å². The van der Waals surface area contributed by atoms with Crippen molar-refractivity contribution in [3.63, 3.8) is 0 Å². The molecule has 3 aliphatic rings. The minimum absolute atomic E-state index is 0.0477. The van der Waals surface area contributed by atoms with Crippen LogP contribution in [-0.2, 0) is 20.8 Å². The highest BCUT2D eigenvalue weighted by atomic mass is 16.6. The maximum atomic E-state index is 14.2. The molecule has 16 nitrogen and oxygen atoms in total. The lowest BCUT2D eigenvalue weighted by atomic mass is 9.52. The van der Waals surface area contributed by atoms with Gasteiger partial charge in [-0.1, -0.05) is 6.07 Å². The van der Waals surface area contributed by atoms with Crippen LogP contribution >= 0.6 is 0 Å². The summed E-state index contributed by atoms with van der Waals surface area (Å²) in [6, 6.07) is 3.58. The Hall–Kier alpha value is -4.93. The number of aromatic hydroxyl groups is 1. The smallest absolute Gasteiger partial charge is 0.323 e. The predicted molar refractivity (Wildman–Crippen MR) is 167 cm³/mol. The molecule has 0 spiro atoms. The van der Waals surface area contributed by atoms with Gasteiger partial charge in [0.15, 0.2) is 23.0 Å². The van der Waals surface area contributed by atoms with Crippen molar-refractivity contribution in [2.24, 2.45) is 29.4 Å². The topological polar surface area (TPSA) is 246 Å². The average molecular weight is 653 g/mol. The third-order valence-electron chi connectivity index (χ3n) is 9.66. The number of anilines is 3. The summed E-state index contributed by atoms with van der Waals surface area (Å²) >= 11 is 0. The Morgan fingerprint density at radius 3 is 2.32 bits per heavy atom. The number of primary amides is 1. The highest BCUT2D eigenvalue weighted by molar-refractivity contribution is 6.26. The summed E-state index contributed by atoms with van der Waals surface area (Å²) in [5, 5.41) is 50.4. The zero-order valence-electron chi connectivity index (χ0n) is 26.3. The van der Waals surface area contributed by atoms with Crippen LogP contribution in [0.5, 0.6) is 5.75 Å². The number of ketones is 3. The van der Waals surface area contributed by atoms with E-state index in [1.54, 1.807) is 33.1 Å². The zero-order chi connectivity index (χ0) is 34.9. The lowest BCUT2D eigenvalue weighted by Gasteiger charge is -2.55. The molecular weight excluding hydrogens is 616 g/mol. The molecule has 3 unspecified atom stereocenters. The van der Waals surface area contributed by atoms with Crippen LogP contribution in [0, 0.1) is 40.7 Å². The van der Waals surface area contributed by atoms with E-state index < -0.39 is 81.4 Å². The number of aliphatic hydroxyl groups excluding tert-OH is 1. The van der Waals surface area contributed by atoms with Crippen LogP contribution in [0.1, 0.15) is 27.9 Å². The number of nitro groups is 1. The Bertz CT molecular complexity index is 1740. The molecule has 7 N–H and O–H groups in total. The molecule has 0 radical (unpaired) electrons. The van der Waals surface area contributed by atoms with Gasteiger partial charge in [0.05, 0.1) is 28.2 Å². The van der Waals surface area contributed by atoms with Gasteiger partial charge >= 0.3 is 6.03 Å². The van der Waals surface area contributed by atoms with Gasteiger partial charge in [-0.25, -0.2) is 4.79 Å². The van der Waals surface area contributed by atoms with Crippen LogP contribution in [0.25, 0.3) is 0 Å². The molecule has 0 aliphatic heterocycles. The number of hydrogen-bond donors (Lipinski definition) is 6. The van der Waals surface area contributed by atoms with Gasteiger partial charge in [0.1, 0.15) is 11.7 Å². The van der Waals surface area contributed by atoms with Crippen molar-refractivity contribution in [2.75, 3.05) is 43.7 Å². The number of aliphatic hydroxyl groups is 2. The van der Waals surface area contributed by atoms with Crippen LogP contribution < -0.4 is 21.3 Å². The number of phenols is 1. The number of benzene rings is 2. The fourth-order valence-corrected chi connectivity index (χ4v) is 7.53. The van der Waals surface area contributed by atoms with Gasteiger partial charge in [-0.2, -0.15) is 0 Å². The van der Waals surface area contributed by atoms with E-state index in [0.717, 1.165) is 0 Å². The fourth-order valence-electron chi connectivity index (χ4n) is 7.53. The maximum absolute atomic E-state index is 14.2. The van der Waals surface area contributed by atoms with Gasteiger partial charge < -0.3 is 41.5 Å². The average Bonchev–Trinajstić information content (AvgIpc) is 2.96. The van der Waals surface area contributed by atoms with E-state index in [2.05, 4.69) is 10.6 Å². The van der Waals surface area contributed by atoms with E-state index in [4.69, 9.17) is 5.73 Å². The van der Waals surface area contributed by atoms with Crippen molar-refractivity contribution in [2.45, 2.75) is 37.5 Å². The molecule has 2 saturated carbocycles. The Kier molecular flexibility index (Phi) is 8.32. The number of nitro benzene ring substituents is 1. The van der Waals surface area contributed by atoms with Crippen LogP contribution in [0.4, 0.5) is 27.5 Å². The molecule has 5 rings (SSSR count). The number of fused-ring (bicyclic) bond motifs is 3. The number of likely N-dealkylation sites (N-methyl/N-ethyl adjacent to an activating group) is 1. The summed E-state index contributed by atoms with van der Waals surface area (Å²) in [4.78, 5) is 80.9. The highest BCUT2D eigenvalue weighted by Gasteiger charge is 2.69. The van der Waals surface area contributed by atoms with Crippen molar-refractivity contribution < 1.29 is 44.2 Å². The maximum Gasteiger partial charge on any atom is 0.323 e. The van der Waals surface area contributed by atoms with E-state index in [9.17, 15) is 49.4 Å². The minimum Gasteiger partial charge on any atom is -0.505 e. The van der Waals surface area contributed by atoms with Crippen LogP contribution in [0.15, 0.2) is 24.3 Å². The van der Waals surface area contributed by atoms with E-state index in [-0.39, 0.29) is 35.5 Å². The second-order valence-electron chi connectivity index (χ2n) is 12.8. The van der Waals surface area contributed by atoms with Gasteiger partial charge in [-0.3, -0.25) is 29.3 Å². The van der Waals surface area contributed by atoms with Gasteiger partial charge in [-0.15, -0.1) is 0 Å². The number of phenolic OH excluding ortho intramolecular Hbond substituents is 1. The molecule has 0 heterocycles. The highest BCUT2D eigenvalue weighted by Crippen LogP contribution is 2.53. The summed E-state index contributed by atoms with van der Waals surface area (Å²) in [5.41, 5.74) is 3.16. The first-order valence-electron chi connectivity index (χ1n) is 14.8. The number of urea groups is 1. The van der Waals surface area contributed by atoms with Crippen LogP contribution in [0.2, 0.25) is 0 Å². The molecule has 0 aromatic heterocycles. The Morgan fingerprint density at radius 2 is 1.74 bits per heavy atom. The molecule has 3 aliphatic carbocycles. The van der Waals surface area contributed by atoms with E-state index in [1.165, 1.54) is 36.1 Å². The van der Waals surface area contributed by atoms with Crippen LogP contribution in [0.3, 0.4) is 0 Å². The number of nitrogens with one attached hydrogen (secondary N) is 2. The molecule has 3 amide bonds. The molecule has 2 aromatic carbocycles. The molecule has 16 heteroatoms. The van der Waals surface area contributed by atoms with E-state index in [0.29, 0.717) is 16.8 Å². The molecule has 0 bridgehead atoms. The second-order valence-corrected chi connectivity index (χ2v) is 12.8. The minimum atomic E-state index is -2.81. The normalized spacial score (nSPS) is 28.2. The van der Waals surface area contributed by atoms with Gasteiger partial charge in [0, 0.05) is 49.1 Å². The number of nitrogens with zero attached hydrogens (tertiary/aromatic N) is 3. The first kappa shape index (κ1) is 33.4. The number of hydrogen-bond acceptors (Lipinski definition) is 12. The predicted octanol–water partition coefficient (Wildman–Crippen LogP) is 0.585. The molecule has 2 aromatic rings. The molecule has 47 heavy (non-hydrogen) atoms. The van der Waals surface area contributed by atoms with E-state index >= 15 is 0 Å². The summed E-state index contributed by atoms with van der Waals surface area (Å²) in [7, 11) is 6.47. The standard InChI is InChI=1S/C31H36N6O10/c1-12-6-7-14(10-18(12)37(46)47)33-30(44)34-17-11-19(35(2)3)15-8-13-9-16-23(36(4)5)26(40)22(29(32)43)28(42)31(16,45)27(41)20(13)25(39)21(15)24(17)38/h6-7,10-11,13,16,20,22-23,26,38,40,45H,8-9H2,1-5H3,(H2,32,43)(H2,33,34,44)/t13-,16-,20?,22?,23-,26?,31-/m1/s1. The molecule has 7 atom stereocenters. The molecule has 2 fully saturated rings. The third kappa shape index (κ3) is 5.17. The fraction of sp³-hybridized carbons (Fsp3) is 0.452. The Labute approximate surface area is 268 Å². The third-order valence-corrected chi connectivity index (χ3v) is 9.66. The molecule has 250 valence electrons. The van der Waals surface area contributed by atoms with Gasteiger partial charge in [-0.05, 0) is 57.5 Å². The largest absolute Gasteiger partial charge is 0.505 e. The van der Waals surface area contributed by atoms with Gasteiger partial charge in [0.2, 0.25) is 5.91 Å². The number of rotatable bonds is 6. The number of amides is 3. The number of carbonyl (C=O) groups excluding carboxylic acids is 5. The Morgan fingerprint density at radius 1 is 1.09 bits per heavy atom. The van der Waals surface area contributed by atoms with Gasteiger partial charge in [0.25, 0.3) is 5.69 Å². The summed E-state index contributed by atoms with van der Waals surface area (Å²) in [5.74, 6) is -10.6.